The Morgan fingerprint density at radius 2 is 1.86 bits per heavy atom. The van der Waals surface area contributed by atoms with Gasteiger partial charge in [-0.3, -0.25) is 9.52 Å². The highest BCUT2D eigenvalue weighted by Crippen LogP contribution is 2.28. The summed E-state index contributed by atoms with van der Waals surface area (Å²) in [5, 5.41) is 14.2. The highest BCUT2D eigenvalue weighted by atomic mass is 32.2. The lowest BCUT2D eigenvalue weighted by molar-refractivity contribution is 0.191. The maximum Gasteiger partial charge on any atom is 0.261 e. The number of aromatic amines is 2. The zero-order chi connectivity index (χ0) is 30.1. The second kappa shape index (κ2) is 11.2. The molecule has 0 fully saturated rings. The molecular formula is C31H29N7O4S. The third-order valence-corrected chi connectivity index (χ3v) is 8.50. The molecule has 6 aromatic rings. The van der Waals surface area contributed by atoms with Crippen LogP contribution >= 0.6 is 0 Å². The number of hydrogen-bond donors (Lipinski definition) is 5. The van der Waals surface area contributed by atoms with Crippen LogP contribution in [-0.2, 0) is 10.0 Å². The van der Waals surface area contributed by atoms with Gasteiger partial charge in [0.1, 0.15) is 11.4 Å². The van der Waals surface area contributed by atoms with Crippen LogP contribution in [0.25, 0.3) is 28.1 Å². The third-order valence-electron chi connectivity index (χ3n) is 7.10. The van der Waals surface area contributed by atoms with Crippen molar-refractivity contribution < 1.29 is 13.5 Å². The summed E-state index contributed by atoms with van der Waals surface area (Å²) in [6.07, 6.45) is 5.77. The van der Waals surface area contributed by atoms with Crippen LogP contribution in [0.2, 0.25) is 0 Å². The van der Waals surface area contributed by atoms with Crippen LogP contribution in [0.1, 0.15) is 22.8 Å². The van der Waals surface area contributed by atoms with Crippen molar-refractivity contribution in [1.82, 2.24) is 24.5 Å². The normalized spacial score (nSPS) is 12.3. The van der Waals surface area contributed by atoms with Crippen LogP contribution in [0.3, 0.4) is 0 Å². The first kappa shape index (κ1) is 27.9. The summed E-state index contributed by atoms with van der Waals surface area (Å²) in [6, 6.07) is 18.7. The first-order chi connectivity index (χ1) is 20.7. The topological polar surface area (TPSA) is 158 Å². The number of H-pyrrole nitrogens is 2. The van der Waals surface area contributed by atoms with E-state index in [1.165, 1.54) is 6.20 Å². The molecule has 5 N–H and O–H groups in total. The lowest BCUT2D eigenvalue weighted by Gasteiger charge is -2.16. The number of pyridine rings is 1. The molecule has 1 unspecified atom stereocenters. The summed E-state index contributed by atoms with van der Waals surface area (Å²) in [7, 11) is -3.80. The molecule has 11 nitrogen and oxygen atoms in total. The standard InChI is InChI=1S/C31H29N7O4S/c1-19-6-8-24(9-7-19)43(41,42)37-22-5-3-4-21(15-22)27(39)17-34-25-10-11-33-31(40)28(25)30-35-26-16-23(38-13-12-32-18-38)14-20(2)29(26)36-30/h3-16,18,27,37,39H,17H2,1-2H3,(H,35,36)(H2,33,34,40). The number of rotatable bonds is 9. The molecule has 0 amide bonds. The third kappa shape index (κ3) is 5.78. The van der Waals surface area contributed by atoms with Gasteiger partial charge in [-0.2, -0.15) is 0 Å². The molecule has 3 aromatic heterocycles. The first-order valence-corrected chi connectivity index (χ1v) is 15.0. The lowest BCUT2D eigenvalue weighted by atomic mass is 10.1. The van der Waals surface area contributed by atoms with Gasteiger partial charge in [0, 0.05) is 36.5 Å². The molecule has 0 aliphatic heterocycles. The van der Waals surface area contributed by atoms with Gasteiger partial charge in [0.05, 0.1) is 34.0 Å². The Bertz CT molecular complexity index is 2080. The van der Waals surface area contributed by atoms with E-state index in [0.29, 0.717) is 28.3 Å². The van der Waals surface area contributed by atoms with Gasteiger partial charge in [-0.25, -0.2) is 18.4 Å². The molecule has 3 heterocycles. The molecule has 0 radical (unpaired) electrons. The summed E-state index contributed by atoms with van der Waals surface area (Å²) in [5.74, 6) is 0.382. The highest BCUT2D eigenvalue weighted by molar-refractivity contribution is 7.92. The zero-order valence-corrected chi connectivity index (χ0v) is 24.2. The molecule has 0 spiro atoms. The van der Waals surface area contributed by atoms with Crippen molar-refractivity contribution in [1.29, 1.82) is 0 Å². The van der Waals surface area contributed by atoms with Crippen LogP contribution in [0, 0.1) is 13.8 Å². The van der Waals surface area contributed by atoms with Crippen molar-refractivity contribution in [3.63, 3.8) is 0 Å². The predicted molar refractivity (Wildman–Crippen MR) is 166 cm³/mol. The minimum atomic E-state index is -3.80. The number of sulfonamides is 1. The van der Waals surface area contributed by atoms with E-state index < -0.39 is 16.1 Å². The number of aliphatic hydroxyl groups is 1. The Morgan fingerprint density at radius 1 is 1.05 bits per heavy atom. The van der Waals surface area contributed by atoms with Crippen molar-refractivity contribution in [2.24, 2.45) is 0 Å². The molecule has 218 valence electrons. The molecule has 12 heteroatoms. The molecule has 0 aliphatic rings. The minimum Gasteiger partial charge on any atom is -0.387 e. The number of anilines is 2. The Balaban J connectivity index is 1.23. The molecule has 0 saturated carbocycles. The average molecular weight is 596 g/mol. The summed E-state index contributed by atoms with van der Waals surface area (Å²) in [6.45, 7) is 3.88. The maximum atomic E-state index is 13.0. The van der Waals surface area contributed by atoms with Crippen molar-refractivity contribution in [2.45, 2.75) is 24.8 Å². The van der Waals surface area contributed by atoms with E-state index in [2.05, 4.69) is 25.0 Å². The fourth-order valence-electron chi connectivity index (χ4n) is 4.88. The van der Waals surface area contributed by atoms with E-state index in [0.717, 1.165) is 27.8 Å². The number of aryl methyl sites for hydroxylation is 2. The number of fused-ring (bicyclic) bond motifs is 1. The fraction of sp³-hybridized carbons (Fsp3) is 0.129. The van der Waals surface area contributed by atoms with Crippen molar-refractivity contribution in [2.75, 3.05) is 16.6 Å². The van der Waals surface area contributed by atoms with Crippen molar-refractivity contribution in [3.8, 4) is 17.1 Å². The van der Waals surface area contributed by atoms with Gasteiger partial charge in [0.25, 0.3) is 15.6 Å². The number of imidazole rings is 2. The largest absolute Gasteiger partial charge is 0.387 e. The molecule has 1 atom stereocenters. The average Bonchev–Trinajstić information content (AvgIpc) is 3.67. The van der Waals surface area contributed by atoms with Gasteiger partial charge in [0.15, 0.2) is 0 Å². The Morgan fingerprint density at radius 3 is 2.63 bits per heavy atom. The summed E-state index contributed by atoms with van der Waals surface area (Å²) in [4.78, 5) is 27.9. The van der Waals surface area contributed by atoms with E-state index >= 15 is 0 Å². The fourth-order valence-corrected chi connectivity index (χ4v) is 5.93. The number of hydrogen-bond acceptors (Lipinski definition) is 7. The number of aliphatic hydroxyl groups excluding tert-OH is 1. The summed E-state index contributed by atoms with van der Waals surface area (Å²) < 4.78 is 30.1. The van der Waals surface area contributed by atoms with E-state index in [4.69, 9.17) is 4.98 Å². The molecule has 43 heavy (non-hydrogen) atoms. The van der Waals surface area contributed by atoms with Crippen LogP contribution in [0.4, 0.5) is 11.4 Å². The monoisotopic (exact) mass is 595 g/mol. The van der Waals surface area contributed by atoms with Crippen LogP contribution in [0.15, 0.2) is 101 Å². The van der Waals surface area contributed by atoms with Crippen LogP contribution < -0.4 is 15.6 Å². The van der Waals surface area contributed by atoms with Crippen molar-refractivity contribution >= 4 is 32.4 Å². The summed E-state index contributed by atoms with van der Waals surface area (Å²) >= 11 is 0. The predicted octanol–water partition coefficient (Wildman–Crippen LogP) is 4.67. The SMILES string of the molecule is Cc1ccc(S(=O)(=O)Nc2cccc(C(O)CNc3cc[nH]c(=O)c3-c3nc4c(C)cc(-n5ccnc5)cc4[nH]3)c2)cc1. The molecule has 3 aromatic carbocycles. The van der Waals surface area contributed by atoms with E-state index in [9.17, 15) is 18.3 Å². The molecular weight excluding hydrogens is 566 g/mol. The number of nitrogens with one attached hydrogen (secondary N) is 4. The highest BCUT2D eigenvalue weighted by Gasteiger charge is 2.18. The van der Waals surface area contributed by atoms with Gasteiger partial charge in [-0.15, -0.1) is 0 Å². The van der Waals surface area contributed by atoms with E-state index in [1.54, 1.807) is 67.1 Å². The second-order valence-corrected chi connectivity index (χ2v) is 11.9. The minimum absolute atomic E-state index is 0.0503. The second-order valence-electron chi connectivity index (χ2n) is 10.3. The van der Waals surface area contributed by atoms with Gasteiger partial charge < -0.3 is 25.0 Å². The number of aromatic nitrogens is 5. The molecule has 0 bridgehead atoms. The van der Waals surface area contributed by atoms with Gasteiger partial charge in [-0.1, -0.05) is 29.8 Å². The Kier molecular flexibility index (Phi) is 7.30. The lowest BCUT2D eigenvalue weighted by Crippen LogP contribution is -2.17. The van der Waals surface area contributed by atoms with Gasteiger partial charge in [-0.05, 0) is 67.4 Å². The zero-order valence-electron chi connectivity index (χ0n) is 23.4. The van der Waals surface area contributed by atoms with Crippen LogP contribution in [-0.4, -0.2) is 44.6 Å². The quantitative estimate of drug-likeness (QED) is 0.163. The first-order valence-electron chi connectivity index (χ1n) is 13.5. The van der Waals surface area contributed by atoms with E-state index in [1.807, 2.05) is 36.7 Å². The number of nitrogens with zero attached hydrogens (tertiary/aromatic N) is 3. The molecule has 0 saturated heterocycles. The van der Waals surface area contributed by atoms with Gasteiger partial charge in [0.2, 0.25) is 0 Å². The van der Waals surface area contributed by atoms with Crippen LogP contribution in [0.5, 0.6) is 0 Å². The molecule has 0 aliphatic carbocycles. The Hall–Kier alpha value is -5.20. The number of benzene rings is 3. The Labute approximate surface area is 247 Å². The molecule has 6 rings (SSSR count). The smallest absolute Gasteiger partial charge is 0.261 e. The van der Waals surface area contributed by atoms with Crippen molar-refractivity contribution in [3.05, 3.63) is 119 Å². The van der Waals surface area contributed by atoms with Gasteiger partial charge >= 0.3 is 0 Å². The van der Waals surface area contributed by atoms with E-state index in [-0.39, 0.29) is 17.0 Å². The maximum absolute atomic E-state index is 13.0. The summed E-state index contributed by atoms with van der Waals surface area (Å²) in [5.41, 5.74) is 5.53.